The molecule has 0 heterocycles. The second-order valence-electron chi connectivity index (χ2n) is 21.0. The highest BCUT2D eigenvalue weighted by Crippen LogP contribution is 2.24. The molecule has 0 saturated heterocycles. The lowest BCUT2D eigenvalue weighted by atomic mass is 9.94. The van der Waals surface area contributed by atoms with Crippen LogP contribution in [0, 0.1) is 11.8 Å². The van der Waals surface area contributed by atoms with Crippen LogP contribution in [-0.4, -0.2) is 85.3 Å². The van der Waals surface area contributed by atoms with Crippen LogP contribution in [0.2, 0.25) is 0 Å². The Labute approximate surface area is 406 Å². The fraction of sp³-hybridized carbons (Fsp3) is 0.966. The number of esters is 1. The first-order valence-corrected chi connectivity index (χ1v) is 29.5. The van der Waals surface area contributed by atoms with Gasteiger partial charge in [0.25, 0.3) is 0 Å². The number of aliphatic hydroxyl groups is 1. The van der Waals surface area contributed by atoms with Gasteiger partial charge in [-0.2, -0.15) is 0 Å². The summed E-state index contributed by atoms with van der Waals surface area (Å²) in [4.78, 5) is 31.2. The van der Waals surface area contributed by atoms with Crippen LogP contribution in [0.5, 0.6) is 0 Å². The van der Waals surface area contributed by atoms with Gasteiger partial charge in [-0.05, 0) is 89.1 Å². The molecule has 7 nitrogen and oxygen atoms in total. The molecule has 1 fully saturated rings. The summed E-state index contributed by atoms with van der Waals surface area (Å²) >= 11 is 0. The second kappa shape index (κ2) is 47.9. The first-order chi connectivity index (χ1) is 32.0. The van der Waals surface area contributed by atoms with E-state index in [-0.39, 0.29) is 18.5 Å². The Morgan fingerprint density at radius 1 is 0.492 bits per heavy atom. The van der Waals surface area contributed by atoms with Crippen LogP contribution < -0.4 is 5.32 Å². The smallest absolute Gasteiger partial charge is 0.305 e. The van der Waals surface area contributed by atoms with Gasteiger partial charge in [-0.15, -0.1) is 0 Å². The number of nitrogens with one attached hydrogen (secondary N) is 1. The first-order valence-electron chi connectivity index (χ1n) is 29.5. The number of unbranched alkanes of at least 4 members (excludes halogenated alkanes) is 24. The Hall–Kier alpha value is -1.18. The van der Waals surface area contributed by atoms with Crippen molar-refractivity contribution in [2.75, 3.05) is 52.5 Å². The van der Waals surface area contributed by atoms with Crippen molar-refractivity contribution in [2.24, 2.45) is 11.8 Å². The summed E-state index contributed by atoms with van der Waals surface area (Å²) in [7, 11) is 0. The van der Waals surface area contributed by atoms with E-state index in [2.05, 4.69) is 42.8 Å². The van der Waals surface area contributed by atoms with E-state index in [9.17, 15) is 14.7 Å². The quantitative estimate of drug-likeness (QED) is 0.0467. The van der Waals surface area contributed by atoms with Crippen LogP contribution >= 0.6 is 0 Å². The van der Waals surface area contributed by atoms with E-state index in [1.54, 1.807) is 0 Å². The van der Waals surface area contributed by atoms with Gasteiger partial charge in [0.15, 0.2) is 0 Å². The van der Waals surface area contributed by atoms with E-state index in [1.807, 2.05) is 0 Å². The lowest BCUT2D eigenvalue weighted by Crippen LogP contribution is -2.43. The fourth-order valence-corrected chi connectivity index (χ4v) is 10.4. The highest BCUT2D eigenvalue weighted by molar-refractivity contribution is 5.75. The van der Waals surface area contributed by atoms with Crippen LogP contribution in [0.3, 0.4) is 0 Å². The molecule has 0 aliphatic heterocycles. The number of hydrogen-bond donors (Lipinski definition) is 2. The average molecular weight is 919 g/mol. The lowest BCUT2D eigenvalue weighted by Gasteiger charge is -2.35. The minimum atomic E-state index is 0.0000390. The fourth-order valence-electron chi connectivity index (χ4n) is 10.4. The Kier molecular flexibility index (Phi) is 45.5. The van der Waals surface area contributed by atoms with Crippen LogP contribution in [0.4, 0.5) is 0 Å². The van der Waals surface area contributed by atoms with Gasteiger partial charge in [-0.1, -0.05) is 214 Å². The lowest BCUT2D eigenvalue weighted by molar-refractivity contribution is -0.145. The molecule has 0 aromatic heterocycles. The molecule has 1 saturated carbocycles. The molecule has 1 aliphatic carbocycles. The number of carbonyl (C=O) groups excluding carboxylic acids is 2. The SMILES string of the molecule is CCCCCCCCC(CCCCCCCC)CNC(=O)CCCCCN(CCCCCC(=O)OCC(CCCCCCCC)CCCCCCCC)CCN(CCO)C1CCCCC1. The van der Waals surface area contributed by atoms with Gasteiger partial charge in [0.2, 0.25) is 5.91 Å². The normalized spacial score (nSPS) is 13.6. The summed E-state index contributed by atoms with van der Waals surface area (Å²) in [5.74, 6) is 1.39. The first kappa shape index (κ1) is 61.8. The van der Waals surface area contributed by atoms with Crippen molar-refractivity contribution < 1.29 is 19.4 Å². The van der Waals surface area contributed by atoms with E-state index < -0.39 is 0 Å². The third-order valence-corrected chi connectivity index (χ3v) is 14.8. The van der Waals surface area contributed by atoms with Crippen molar-refractivity contribution in [1.29, 1.82) is 0 Å². The van der Waals surface area contributed by atoms with Crippen molar-refractivity contribution >= 4 is 11.9 Å². The third-order valence-electron chi connectivity index (χ3n) is 14.8. The predicted octanol–water partition coefficient (Wildman–Crippen LogP) is 15.9. The molecule has 1 amide bonds. The van der Waals surface area contributed by atoms with Gasteiger partial charge in [0.1, 0.15) is 0 Å². The van der Waals surface area contributed by atoms with Crippen LogP contribution in [0.1, 0.15) is 291 Å². The van der Waals surface area contributed by atoms with Gasteiger partial charge < -0.3 is 20.1 Å². The molecule has 0 unspecified atom stereocenters. The monoisotopic (exact) mass is 918 g/mol. The molecule has 386 valence electrons. The standard InChI is InChI=1S/C58H115N3O4/c1-5-9-13-17-21-28-38-54(39-29-22-18-14-10-6-2)52-59-57(63)44-34-26-36-46-60(48-49-61(50-51-62)56-42-32-25-33-43-56)47-37-27-35-45-58(64)65-53-55(40-30-23-19-15-11-7-3)41-31-24-20-16-12-8-4/h54-56,62H,5-53H2,1-4H3,(H,59,63). The van der Waals surface area contributed by atoms with Crippen molar-refractivity contribution in [3.8, 4) is 0 Å². The average Bonchev–Trinajstić information content (AvgIpc) is 3.32. The van der Waals surface area contributed by atoms with E-state index in [4.69, 9.17) is 4.74 Å². The van der Waals surface area contributed by atoms with E-state index >= 15 is 0 Å². The number of rotatable bonds is 50. The van der Waals surface area contributed by atoms with Crippen molar-refractivity contribution in [3.63, 3.8) is 0 Å². The molecule has 0 atom stereocenters. The molecule has 0 bridgehead atoms. The maximum absolute atomic E-state index is 13.0. The highest BCUT2D eigenvalue weighted by Gasteiger charge is 2.21. The number of aliphatic hydroxyl groups excluding tert-OH is 1. The number of amides is 1. The highest BCUT2D eigenvalue weighted by atomic mass is 16.5. The zero-order valence-corrected chi connectivity index (χ0v) is 44.4. The third kappa shape index (κ3) is 39.4. The Balaban J connectivity index is 2.57. The molecule has 0 radical (unpaired) electrons. The molecule has 0 spiro atoms. The molecule has 65 heavy (non-hydrogen) atoms. The molecule has 7 heteroatoms. The van der Waals surface area contributed by atoms with E-state index in [0.717, 1.165) is 77.8 Å². The van der Waals surface area contributed by atoms with Crippen molar-refractivity contribution in [2.45, 2.75) is 297 Å². The zero-order chi connectivity index (χ0) is 47.1. The maximum atomic E-state index is 13.0. The molecular formula is C58H115N3O4. The van der Waals surface area contributed by atoms with Gasteiger partial charge in [0.05, 0.1) is 13.2 Å². The van der Waals surface area contributed by atoms with E-state index in [0.29, 0.717) is 37.3 Å². The molecule has 2 N–H and O–H groups in total. The minimum absolute atomic E-state index is 0.0000390. The van der Waals surface area contributed by atoms with Crippen LogP contribution in [-0.2, 0) is 14.3 Å². The number of carbonyl (C=O) groups is 2. The summed E-state index contributed by atoms with van der Waals surface area (Å²) in [5, 5.41) is 13.3. The maximum Gasteiger partial charge on any atom is 0.305 e. The number of hydrogen-bond acceptors (Lipinski definition) is 6. The molecular weight excluding hydrogens is 803 g/mol. The molecule has 1 aliphatic rings. The molecule has 0 aromatic rings. The van der Waals surface area contributed by atoms with Crippen molar-refractivity contribution in [1.82, 2.24) is 15.1 Å². The summed E-state index contributed by atoms with van der Waals surface area (Å²) < 4.78 is 5.95. The summed E-state index contributed by atoms with van der Waals surface area (Å²) in [6, 6.07) is 0.606. The topological polar surface area (TPSA) is 82.1 Å². The Morgan fingerprint density at radius 3 is 1.40 bits per heavy atom. The summed E-state index contributed by atoms with van der Waals surface area (Å²) in [5.41, 5.74) is 0. The minimum Gasteiger partial charge on any atom is -0.465 e. The second-order valence-corrected chi connectivity index (χ2v) is 21.0. The molecule has 1 rings (SSSR count). The Morgan fingerprint density at radius 2 is 0.923 bits per heavy atom. The molecule has 0 aromatic carbocycles. The van der Waals surface area contributed by atoms with Crippen LogP contribution in [0.15, 0.2) is 0 Å². The van der Waals surface area contributed by atoms with Crippen molar-refractivity contribution in [3.05, 3.63) is 0 Å². The largest absolute Gasteiger partial charge is 0.465 e. The van der Waals surface area contributed by atoms with Gasteiger partial charge in [-0.3, -0.25) is 14.5 Å². The zero-order valence-electron chi connectivity index (χ0n) is 44.4. The number of nitrogens with zero attached hydrogens (tertiary/aromatic N) is 2. The van der Waals surface area contributed by atoms with Gasteiger partial charge in [0, 0.05) is 45.1 Å². The van der Waals surface area contributed by atoms with Crippen LogP contribution in [0.25, 0.3) is 0 Å². The Bertz CT molecular complexity index is 911. The number of ether oxygens (including phenoxy) is 1. The van der Waals surface area contributed by atoms with Gasteiger partial charge >= 0.3 is 5.97 Å². The summed E-state index contributed by atoms with van der Waals surface area (Å²) in [6.45, 7) is 15.7. The van der Waals surface area contributed by atoms with Gasteiger partial charge in [-0.25, -0.2) is 0 Å². The predicted molar refractivity (Wildman–Crippen MR) is 282 cm³/mol. The summed E-state index contributed by atoms with van der Waals surface area (Å²) in [6.07, 6.45) is 50.7. The van der Waals surface area contributed by atoms with E-state index in [1.165, 1.54) is 212 Å².